The van der Waals surface area contributed by atoms with Crippen LogP contribution in [0.3, 0.4) is 0 Å². The lowest BCUT2D eigenvalue weighted by atomic mass is 9.51. The van der Waals surface area contributed by atoms with Crippen LogP contribution in [0, 0.1) is 5.92 Å². The summed E-state index contributed by atoms with van der Waals surface area (Å²) in [6.45, 7) is 6.86. The summed E-state index contributed by atoms with van der Waals surface area (Å²) in [6.07, 6.45) is 7.34. The monoisotopic (exact) mass is 498 g/mol. The molecule has 2 aliphatic carbocycles. The van der Waals surface area contributed by atoms with Crippen molar-refractivity contribution in [1.29, 1.82) is 0 Å². The molecule has 0 unspecified atom stereocenters. The molecule has 2 aromatic rings. The SMILES string of the molecule is C=C(CN1CC[C@]23c4c5cccc4O[C@H]2[C@H](N(C)C(=O)C=Cc2ccccc2)CC[C@H]3[C@H]1C5)OC(C)=O. The Hall–Kier alpha value is -3.38. The van der Waals surface area contributed by atoms with Gasteiger partial charge in [0.1, 0.15) is 17.6 Å². The van der Waals surface area contributed by atoms with Gasteiger partial charge in [-0.15, -0.1) is 0 Å². The molecule has 1 saturated heterocycles. The van der Waals surface area contributed by atoms with E-state index in [0.29, 0.717) is 24.3 Å². The Labute approximate surface area is 218 Å². The van der Waals surface area contributed by atoms with Gasteiger partial charge in [-0.1, -0.05) is 49.0 Å². The van der Waals surface area contributed by atoms with Crippen molar-refractivity contribution in [1.82, 2.24) is 9.80 Å². The molecular weight excluding hydrogens is 464 g/mol. The fourth-order valence-corrected chi connectivity index (χ4v) is 7.64. The van der Waals surface area contributed by atoms with E-state index in [1.165, 1.54) is 18.1 Å². The number of likely N-dealkylation sites (N-methyl/N-ethyl adjacent to an activating group) is 1. The van der Waals surface area contributed by atoms with Crippen LogP contribution in [-0.4, -0.2) is 60.0 Å². The maximum atomic E-state index is 13.3. The smallest absolute Gasteiger partial charge is 0.307 e. The van der Waals surface area contributed by atoms with Crippen molar-refractivity contribution in [3.05, 3.63) is 83.6 Å². The molecule has 1 amide bonds. The average molecular weight is 499 g/mol. The molecule has 2 aliphatic heterocycles. The van der Waals surface area contributed by atoms with Gasteiger partial charge in [0.25, 0.3) is 0 Å². The predicted octanol–water partition coefficient (Wildman–Crippen LogP) is 4.34. The Morgan fingerprint density at radius 3 is 2.78 bits per heavy atom. The van der Waals surface area contributed by atoms with E-state index in [1.54, 1.807) is 6.08 Å². The average Bonchev–Trinajstić information content (AvgIpc) is 3.22. The van der Waals surface area contributed by atoms with Gasteiger partial charge in [-0.25, -0.2) is 0 Å². The Kier molecular flexibility index (Phi) is 5.95. The van der Waals surface area contributed by atoms with E-state index in [9.17, 15) is 9.59 Å². The minimum absolute atomic E-state index is 0.00531. The molecule has 2 aromatic carbocycles. The molecule has 5 atom stereocenters. The molecule has 1 spiro atoms. The van der Waals surface area contributed by atoms with Gasteiger partial charge >= 0.3 is 5.97 Å². The van der Waals surface area contributed by atoms with Crippen molar-refractivity contribution in [2.24, 2.45) is 5.92 Å². The Bertz CT molecular complexity index is 1270. The number of carbonyl (C=O) groups excluding carboxylic acids is 2. The van der Waals surface area contributed by atoms with Crippen molar-refractivity contribution in [3.63, 3.8) is 0 Å². The fraction of sp³-hybridized carbons (Fsp3) is 0.419. The third-order valence-electron chi connectivity index (χ3n) is 9.03. The Morgan fingerprint density at radius 2 is 2.00 bits per heavy atom. The van der Waals surface area contributed by atoms with Gasteiger partial charge in [-0.2, -0.15) is 0 Å². The summed E-state index contributed by atoms with van der Waals surface area (Å²) in [5.74, 6) is 1.61. The first-order valence-corrected chi connectivity index (χ1v) is 13.3. The summed E-state index contributed by atoms with van der Waals surface area (Å²) < 4.78 is 12.1. The van der Waals surface area contributed by atoms with Crippen molar-refractivity contribution >= 4 is 18.0 Å². The van der Waals surface area contributed by atoms with E-state index in [4.69, 9.17) is 9.47 Å². The van der Waals surface area contributed by atoms with E-state index in [2.05, 4.69) is 29.7 Å². The first kappa shape index (κ1) is 24.0. The number of likely N-dealkylation sites (tertiary alicyclic amines) is 1. The molecular formula is C31H34N2O4. The van der Waals surface area contributed by atoms with Crippen LogP contribution in [0.5, 0.6) is 5.75 Å². The maximum absolute atomic E-state index is 13.3. The number of carbonyl (C=O) groups is 2. The van der Waals surface area contributed by atoms with Gasteiger partial charge in [0, 0.05) is 37.1 Å². The van der Waals surface area contributed by atoms with E-state index in [-0.39, 0.29) is 29.4 Å². The summed E-state index contributed by atoms with van der Waals surface area (Å²) in [5.41, 5.74) is 3.64. The molecule has 6 heteroatoms. The largest absolute Gasteiger partial charge is 0.487 e. The number of piperidine rings is 1. The lowest BCUT2D eigenvalue weighted by Crippen LogP contribution is -2.69. The van der Waals surface area contributed by atoms with E-state index in [0.717, 1.165) is 43.5 Å². The topological polar surface area (TPSA) is 59.1 Å². The van der Waals surface area contributed by atoms with Crippen LogP contribution in [-0.2, 0) is 26.2 Å². The van der Waals surface area contributed by atoms with Crippen LogP contribution in [0.2, 0.25) is 0 Å². The Balaban J connectivity index is 1.29. The predicted molar refractivity (Wildman–Crippen MR) is 142 cm³/mol. The molecule has 192 valence electrons. The first-order chi connectivity index (χ1) is 17.9. The normalized spacial score (nSPS) is 29.4. The number of hydrogen-bond donors (Lipinski definition) is 0. The molecule has 2 fully saturated rings. The summed E-state index contributed by atoms with van der Waals surface area (Å²) in [4.78, 5) is 29.1. The number of amides is 1. The second-order valence-corrected chi connectivity index (χ2v) is 10.9. The molecule has 0 radical (unpaired) electrons. The number of rotatable bonds is 6. The summed E-state index contributed by atoms with van der Waals surface area (Å²) >= 11 is 0. The van der Waals surface area contributed by atoms with Crippen LogP contribution in [0.15, 0.2) is 66.9 Å². The molecule has 2 heterocycles. The van der Waals surface area contributed by atoms with E-state index >= 15 is 0 Å². The fourth-order valence-electron chi connectivity index (χ4n) is 7.64. The van der Waals surface area contributed by atoms with Crippen molar-refractivity contribution < 1.29 is 19.1 Å². The minimum Gasteiger partial charge on any atom is -0.487 e. The number of esters is 1. The molecule has 2 bridgehead atoms. The standard InChI is InChI=1S/C31H34N2O4/c1-20(36-21(2)34)19-33-17-16-31-24-13-14-25(32(3)28(35)15-12-22-8-5-4-6-9-22)30(31)37-27-11-7-10-23(29(27)31)18-26(24)33/h4-12,15,24-26,30H,1,13-14,16-19H2,2-3H3/t24-,25+,26+,30-,31-/m0/s1. The van der Waals surface area contributed by atoms with Crippen molar-refractivity contribution in [3.8, 4) is 5.75 Å². The molecule has 4 aliphatic rings. The summed E-state index contributed by atoms with van der Waals surface area (Å²) in [5, 5.41) is 0. The van der Waals surface area contributed by atoms with Gasteiger partial charge in [0.15, 0.2) is 0 Å². The molecule has 6 rings (SSSR count). The molecule has 37 heavy (non-hydrogen) atoms. The van der Waals surface area contributed by atoms with Gasteiger partial charge < -0.3 is 14.4 Å². The zero-order valence-electron chi connectivity index (χ0n) is 21.6. The first-order valence-electron chi connectivity index (χ1n) is 13.3. The van der Waals surface area contributed by atoms with Gasteiger partial charge in [-0.05, 0) is 61.4 Å². The molecule has 0 aromatic heterocycles. The van der Waals surface area contributed by atoms with Crippen molar-refractivity contribution in [2.75, 3.05) is 20.1 Å². The maximum Gasteiger partial charge on any atom is 0.307 e. The number of nitrogens with zero attached hydrogens (tertiary/aromatic N) is 2. The van der Waals surface area contributed by atoms with Crippen LogP contribution in [0.4, 0.5) is 0 Å². The highest BCUT2D eigenvalue weighted by molar-refractivity contribution is 5.92. The van der Waals surface area contributed by atoms with E-state index < -0.39 is 0 Å². The van der Waals surface area contributed by atoms with Crippen LogP contribution < -0.4 is 4.74 Å². The van der Waals surface area contributed by atoms with Gasteiger partial charge in [0.05, 0.1) is 12.6 Å². The number of hydrogen-bond acceptors (Lipinski definition) is 5. The molecule has 1 saturated carbocycles. The van der Waals surface area contributed by atoms with Crippen LogP contribution >= 0.6 is 0 Å². The third kappa shape index (κ3) is 3.89. The van der Waals surface area contributed by atoms with Gasteiger partial charge in [0.2, 0.25) is 5.91 Å². The van der Waals surface area contributed by atoms with E-state index in [1.807, 2.05) is 48.4 Å². The molecule has 0 N–H and O–H groups in total. The Morgan fingerprint density at radius 1 is 1.19 bits per heavy atom. The zero-order valence-corrected chi connectivity index (χ0v) is 21.6. The zero-order chi connectivity index (χ0) is 25.7. The lowest BCUT2D eigenvalue weighted by molar-refractivity contribution is -0.139. The number of ether oxygens (including phenoxy) is 2. The quantitative estimate of drug-likeness (QED) is 0.337. The minimum atomic E-state index is -0.323. The molecule has 6 nitrogen and oxygen atoms in total. The second-order valence-electron chi connectivity index (χ2n) is 10.9. The van der Waals surface area contributed by atoms with Gasteiger partial charge in [-0.3, -0.25) is 14.5 Å². The summed E-state index contributed by atoms with van der Waals surface area (Å²) in [7, 11) is 1.92. The lowest BCUT2D eigenvalue weighted by Gasteiger charge is -2.60. The highest BCUT2D eigenvalue weighted by Gasteiger charge is 2.65. The third-order valence-corrected chi connectivity index (χ3v) is 9.03. The highest BCUT2D eigenvalue weighted by Crippen LogP contribution is 2.62. The van der Waals surface area contributed by atoms with Crippen LogP contribution in [0.25, 0.3) is 6.08 Å². The number of benzene rings is 2. The second kappa shape index (κ2) is 9.18. The van der Waals surface area contributed by atoms with Crippen molar-refractivity contribution in [2.45, 2.75) is 56.2 Å². The summed E-state index contributed by atoms with van der Waals surface area (Å²) in [6, 6.07) is 16.7. The van der Waals surface area contributed by atoms with Crippen LogP contribution in [0.1, 0.15) is 42.9 Å². The highest BCUT2D eigenvalue weighted by atomic mass is 16.5.